The maximum absolute atomic E-state index is 5.45. The van der Waals surface area contributed by atoms with Crippen LogP contribution in [0.3, 0.4) is 0 Å². The fourth-order valence-corrected chi connectivity index (χ4v) is 1.28. The van der Waals surface area contributed by atoms with Crippen LogP contribution in [0.2, 0.25) is 0 Å². The van der Waals surface area contributed by atoms with Crippen molar-refractivity contribution < 1.29 is 0 Å². The molecule has 4 N–H and O–H groups in total. The zero-order chi connectivity index (χ0) is 10.4. The van der Waals surface area contributed by atoms with Gasteiger partial charge in [-0.15, -0.1) is 0 Å². The van der Waals surface area contributed by atoms with Crippen LogP contribution in [0.4, 0.5) is 11.9 Å². The molecule has 0 aliphatic rings. The van der Waals surface area contributed by atoms with Gasteiger partial charge in [0.05, 0.1) is 0 Å². The van der Waals surface area contributed by atoms with Crippen molar-refractivity contribution in [1.82, 2.24) is 15.0 Å². The standard InChI is InChI=1S/C9H17N5/c1-2-3-4-5-6-7-12-8(10)14-9(11)13-7/h2-6H2,1H3,(H4,10,11,12,13,14). The largest absolute Gasteiger partial charge is 0.368 e. The van der Waals surface area contributed by atoms with Crippen molar-refractivity contribution in [3.63, 3.8) is 0 Å². The highest BCUT2D eigenvalue weighted by atomic mass is 15.1. The van der Waals surface area contributed by atoms with Gasteiger partial charge in [0.15, 0.2) is 0 Å². The molecular weight excluding hydrogens is 178 g/mol. The van der Waals surface area contributed by atoms with Gasteiger partial charge in [0.1, 0.15) is 5.82 Å². The molecule has 0 spiro atoms. The molecule has 0 radical (unpaired) electrons. The second-order valence-electron chi connectivity index (χ2n) is 3.28. The smallest absolute Gasteiger partial charge is 0.225 e. The van der Waals surface area contributed by atoms with Crippen molar-refractivity contribution >= 4 is 11.9 Å². The summed E-state index contributed by atoms with van der Waals surface area (Å²) < 4.78 is 0. The first-order valence-corrected chi connectivity index (χ1v) is 4.98. The Labute approximate surface area is 84.0 Å². The molecule has 5 nitrogen and oxygen atoms in total. The number of aryl methyl sites for hydroxylation is 1. The third-order valence-corrected chi connectivity index (χ3v) is 1.97. The van der Waals surface area contributed by atoms with E-state index in [-0.39, 0.29) is 11.9 Å². The molecule has 1 aromatic rings. The van der Waals surface area contributed by atoms with E-state index in [1.165, 1.54) is 19.3 Å². The summed E-state index contributed by atoms with van der Waals surface area (Å²) in [5, 5.41) is 0. The van der Waals surface area contributed by atoms with Crippen LogP contribution in [0.25, 0.3) is 0 Å². The van der Waals surface area contributed by atoms with Gasteiger partial charge in [-0.3, -0.25) is 0 Å². The number of unbranched alkanes of at least 4 members (excludes halogenated alkanes) is 3. The average Bonchev–Trinajstić information content (AvgIpc) is 2.11. The molecule has 0 aliphatic heterocycles. The molecule has 0 atom stereocenters. The topological polar surface area (TPSA) is 90.7 Å². The van der Waals surface area contributed by atoms with Crippen LogP contribution in [0.5, 0.6) is 0 Å². The number of anilines is 2. The van der Waals surface area contributed by atoms with Gasteiger partial charge in [-0.05, 0) is 6.42 Å². The Kier molecular flexibility index (Phi) is 4.10. The van der Waals surface area contributed by atoms with Crippen molar-refractivity contribution in [2.45, 2.75) is 39.0 Å². The zero-order valence-corrected chi connectivity index (χ0v) is 8.53. The molecule has 14 heavy (non-hydrogen) atoms. The van der Waals surface area contributed by atoms with Gasteiger partial charge in [0.25, 0.3) is 0 Å². The van der Waals surface area contributed by atoms with E-state index in [1.54, 1.807) is 0 Å². The SMILES string of the molecule is CCCCCCc1nc(N)nc(N)n1. The molecule has 0 saturated heterocycles. The first kappa shape index (κ1) is 10.7. The minimum Gasteiger partial charge on any atom is -0.368 e. The Morgan fingerprint density at radius 2 is 1.57 bits per heavy atom. The van der Waals surface area contributed by atoms with Crippen LogP contribution in [0.15, 0.2) is 0 Å². The normalized spacial score (nSPS) is 10.4. The lowest BCUT2D eigenvalue weighted by atomic mass is 10.1. The number of nitrogens with two attached hydrogens (primary N) is 2. The molecule has 5 heteroatoms. The van der Waals surface area contributed by atoms with Crippen molar-refractivity contribution in [3.05, 3.63) is 5.82 Å². The van der Waals surface area contributed by atoms with Crippen LogP contribution in [-0.2, 0) is 6.42 Å². The van der Waals surface area contributed by atoms with Crippen molar-refractivity contribution in [3.8, 4) is 0 Å². The van der Waals surface area contributed by atoms with E-state index in [0.29, 0.717) is 5.82 Å². The molecule has 1 rings (SSSR count). The second-order valence-corrected chi connectivity index (χ2v) is 3.28. The highest BCUT2D eigenvalue weighted by Crippen LogP contribution is 2.05. The Balaban J connectivity index is 2.42. The summed E-state index contributed by atoms with van der Waals surface area (Å²) in [5.41, 5.74) is 10.9. The molecular formula is C9H17N5. The van der Waals surface area contributed by atoms with Crippen molar-refractivity contribution in [1.29, 1.82) is 0 Å². The number of hydrogen-bond donors (Lipinski definition) is 2. The van der Waals surface area contributed by atoms with Gasteiger partial charge in [0.2, 0.25) is 11.9 Å². The van der Waals surface area contributed by atoms with Crippen LogP contribution >= 0.6 is 0 Å². The van der Waals surface area contributed by atoms with Gasteiger partial charge in [-0.25, -0.2) is 0 Å². The molecule has 0 aliphatic carbocycles. The minimum atomic E-state index is 0.211. The quantitative estimate of drug-likeness (QED) is 0.688. The number of nitrogen functional groups attached to an aromatic ring is 2. The lowest BCUT2D eigenvalue weighted by molar-refractivity contribution is 0.651. The summed E-state index contributed by atoms with van der Waals surface area (Å²) in [4.78, 5) is 11.7. The molecule has 0 aromatic carbocycles. The number of rotatable bonds is 5. The summed E-state index contributed by atoms with van der Waals surface area (Å²) in [6.45, 7) is 2.18. The summed E-state index contributed by atoms with van der Waals surface area (Å²) in [6, 6.07) is 0. The van der Waals surface area contributed by atoms with Crippen molar-refractivity contribution in [2.75, 3.05) is 11.5 Å². The highest BCUT2D eigenvalue weighted by molar-refractivity contribution is 5.25. The lowest BCUT2D eigenvalue weighted by Crippen LogP contribution is -2.06. The van der Waals surface area contributed by atoms with Gasteiger partial charge in [-0.2, -0.15) is 15.0 Å². The van der Waals surface area contributed by atoms with Crippen LogP contribution in [-0.4, -0.2) is 15.0 Å². The Morgan fingerprint density at radius 3 is 2.14 bits per heavy atom. The van der Waals surface area contributed by atoms with E-state index in [9.17, 15) is 0 Å². The van der Waals surface area contributed by atoms with Gasteiger partial charge < -0.3 is 11.5 Å². The second kappa shape index (κ2) is 5.36. The number of nitrogens with zero attached hydrogens (tertiary/aromatic N) is 3. The Bertz CT molecular complexity index is 266. The molecule has 1 heterocycles. The summed E-state index contributed by atoms with van der Waals surface area (Å²) in [7, 11) is 0. The predicted molar refractivity (Wildman–Crippen MR) is 56.5 cm³/mol. The summed E-state index contributed by atoms with van der Waals surface area (Å²) >= 11 is 0. The van der Waals surface area contributed by atoms with E-state index < -0.39 is 0 Å². The van der Waals surface area contributed by atoms with Gasteiger partial charge >= 0.3 is 0 Å². The Hall–Kier alpha value is -1.39. The maximum Gasteiger partial charge on any atom is 0.225 e. The molecule has 0 fully saturated rings. The number of hydrogen-bond acceptors (Lipinski definition) is 5. The van der Waals surface area contributed by atoms with Crippen LogP contribution < -0.4 is 11.5 Å². The maximum atomic E-state index is 5.45. The minimum absolute atomic E-state index is 0.211. The van der Waals surface area contributed by atoms with Crippen LogP contribution in [0.1, 0.15) is 38.4 Å². The molecule has 1 aromatic heterocycles. The third kappa shape index (κ3) is 3.55. The predicted octanol–water partition coefficient (Wildman–Crippen LogP) is 1.16. The number of aromatic nitrogens is 3. The molecule has 0 bridgehead atoms. The van der Waals surface area contributed by atoms with E-state index >= 15 is 0 Å². The molecule has 0 amide bonds. The third-order valence-electron chi connectivity index (χ3n) is 1.97. The van der Waals surface area contributed by atoms with E-state index in [1.807, 2.05) is 0 Å². The molecule has 78 valence electrons. The summed E-state index contributed by atoms with van der Waals surface area (Å²) in [6.07, 6.45) is 5.58. The zero-order valence-electron chi connectivity index (χ0n) is 8.53. The molecule has 0 saturated carbocycles. The lowest BCUT2D eigenvalue weighted by Gasteiger charge is -2.01. The fraction of sp³-hybridized carbons (Fsp3) is 0.667. The highest BCUT2D eigenvalue weighted by Gasteiger charge is 2.00. The van der Waals surface area contributed by atoms with E-state index in [2.05, 4.69) is 21.9 Å². The monoisotopic (exact) mass is 195 g/mol. The van der Waals surface area contributed by atoms with Gasteiger partial charge in [0, 0.05) is 6.42 Å². The Morgan fingerprint density at radius 1 is 0.929 bits per heavy atom. The first-order valence-electron chi connectivity index (χ1n) is 4.98. The van der Waals surface area contributed by atoms with Gasteiger partial charge in [-0.1, -0.05) is 26.2 Å². The summed E-state index contributed by atoms with van der Waals surface area (Å²) in [5.74, 6) is 1.12. The fourth-order valence-electron chi connectivity index (χ4n) is 1.28. The van der Waals surface area contributed by atoms with E-state index in [0.717, 1.165) is 12.8 Å². The van der Waals surface area contributed by atoms with Crippen LogP contribution in [0, 0.1) is 0 Å². The first-order chi connectivity index (χ1) is 6.72. The van der Waals surface area contributed by atoms with E-state index in [4.69, 9.17) is 11.5 Å². The molecule has 0 unspecified atom stereocenters. The average molecular weight is 195 g/mol. The van der Waals surface area contributed by atoms with Crippen molar-refractivity contribution in [2.24, 2.45) is 0 Å².